The topological polar surface area (TPSA) is 49.4 Å². The lowest BCUT2D eigenvalue weighted by Gasteiger charge is -2.47. The summed E-state index contributed by atoms with van der Waals surface area (Å²) in [4.78, 5) is 25.7. The van der Waals surface area contributed by atoms with Crippen molar-refractivity contribution in [1.82, 2.24) is 10.2 Å². The number of rotatable bonds is 5. The molecule has 0 bridgehead atoms. The molecule has 0 aromatic carbocycles. The average Bonchev–Trinajstić information content (AvgIpc) is 2.35. The Morgan fingerprint density at radius 2 is 1.85 bits per heavy atom. The molecule has 0 spiro atoms. The van der Waals surface area contributed by atoms with Gasteiger partial charge >= 0.3 is 5.51 Å². The van der Waals surface area contributed by atoms with Gasteiger partial charge in [0.25, 0.3) is 0 Å². The van der Waals surface area contributed by atoms with E-state index in [9.17, 15) is 22.8 Å². The van der Waals surface area contributed by atoms with Crippen LogP contribution in [0.3, 0.4) is 0 Å². The van der Waals surface area contributed by atoms with E-state index in [2.05, 4.69) is 5.32 Å². The van der Waals surface area contributed by atoms with Crippen molar-refractivity contribution >= 4 is 23.6 Å². The van der Waals surface area contributed by atoms with Crippen LogP contribution in [-0.4, -0.2) is 46.1 Å². The predicted molar refractivity (Wildman–Crippen MR) is 71.1 cm³/mol. The van der Waals surface area contributed by atoms with Crippen LogP contribution in [0.15, 0.2) is 0 Å². The normalized spacial score (nSPS) is 22.9. The highest BCUT2D eigenvalue weighted by Gasteiger charge is 2.49. The lowest BCUT2D eigenvalue weighted by molar-refractivity contribution is -0.157. The summed E-state index contributed by atoms with van der Waals surface area (Å²) in [5.41, 5.74) is -5.36. The summed E-state index contributed by atoms with van der Waals surface area (Å²) >= 11 is -0.172. The van der Waals surface area contributed by atoms with Gasteiger partial charge in [-0.3, -0.25) is 9.59 Å². The van der Waals surface area contributed by atoms with Gasteiger partial charge < -0.3 is 10.2 Å². The molecule has 0 saturated carbocycles. The Kier molecular flexibility index (Phi) is 5.34. The zero-order valence-electron chi connectivity index (χ0n) is 11.7. The van der Waals surface area contributed by atoms with Crippen molar-refractivity contribution in [3.63, 3.8) is 0 Å². The van der Waals surface area contributed by atoms with Crippen LogP contribution in [0.2, 0.25) is 0 Å². The SMILES string of the molecule is CCC1(CC)C(=O)NC(C)C(=O)N1CCSC(F)(F)F. The van der Waals surface area contributed by atoms with Gasteiger partial charge in [0.2, 0.25) is 11.8 Å². The zero-order valence-corrected chi connectivity index (χ0v) is 12.5. The first-order valence-electron chi connectivity index (χ1n) is 6.51. The molecule has 0 radical (unpaired) electrons. The van der Waals surface area contributed by atoms with E-state index >= 15 is 0 Å². The molecular formula is C12H19F3N2O2S. The summed E-state index contributed by atoms with van der Waals surface area (Å²) < 4.78 is 36.6. The first-order chi connectivity index (χ1) is 9.18. The molecule has 1 heterocycles. The van der Waals surface area contributed by atoms with Gasteiger partial charge in [-0.05, 0) is 31.5 Å². The van der Waals surface area contributed by atoms with Crippen molar-refractivity contribution in [2.45, 2.75) is 50.7 Å². The molecule has 116 valence electrons. The van der Waals surface area contributed by atoms with E-state index < -0.39 is 17.1 Å². The Bertz CT molecular complexity index is 383. The van der Waals surface area contributed by atoms with Crippen LogP contribution >= 0.6 is 11.8 Å². The largest absolute Gasteiger partial charge is 0.441 e. The number of alkyl halides is 3. The molecule has 2 amide bonds. The van der Waals surface area contributed by atoms with Crippen LogP contribution < -0.4 is 5.32 Å². The molecule has 1 rings (SSSR count). The van der Waals surface area contributed by atoms with E-state index in [0.29, 0.717) is 12.8 Å². The maximum absolute atomic E-state index is 12.2. The number of hydrogen-bond acceptors (Lipinski definition) is 3. The summed E-state index contributed by atoms with van der Waals surface area (Å²) in [7, 11) is 0. The second-order valence-electron chi connectivity index (χ2n) is 4.72. The molecule has 1 N–H and O–H groups in total. The first-order valence-corrected chi connectivity index (χ1v) is 7.49. The van der Waals surface area contributed by atoms with Crippen LogP contribution in [0.25, 0.3) is 0 Å². The summed E-state index contributed by atoms with van der Waals surface area (Å²) in [5, 5.41) is 2.60. The molecule has 1 fully saturated rings. The van der Waals surface area contributed by atoms with Gasteiger partial charge in [-0.15, -0.1) is 0 Å². The fourth-order valence-corrected chi connectivity index (χ4v) is 2.99. The van der Waals surface area contributed by atoms with E-state index in [0.717, 1.165) is 0 Å². The summed E-state index contributed by atoms with van der Waals surface area (Å²) in [6, 6.07) is -0.690. The summed E-state index contributed by atoms with van der Waals surface area (Å²) in [6.45, 7) is 4.98. The molecule has 8 heteroatoms. The van der Waals surface area contributed by atoms with Crippen molar-refractivity contribution in [3.8, 4) is 0 Å². The Hall–Kier alpha value is -0.920. The van der Waals surface area contributed by atoms with Gasteiger partial charge in [0.1, 0.15) is 11.6 Å². The number of piperazine rings is 1. The smallest absolute Gasteiger partial charge is 0.343 e. The minimum atomic E-state index is -4.33. The molecule has 1 atom stereocenters. The van der Waals surface area contributed by atoms with E-state index in [-0.39, 0.29) is 35.9 Å². The molecule has 0 aliphatic carbocycles. The maximum atomic E-state index is 12.2. The molecule has 0 aromatic heterocycles. The number of nitrogens with one attached hydrogen (secondary N) is 1. The number of hydrogen-bond donors (Lipinski definition) is 1. The highest BCUT2D eigenvalue weighted by molar-refractivity contribution is 8.00. The summed E-state index contributed by atoms with van der Waals surface area (Å²) in [6.07, 6.45) is 0.759. The van der Waals surface area contributed by atoms with Gasteiger partial charge in [0.05, 0.1) is 0 Å². The fraction of sp³-hybridized carbons (Fsp3) is 0.833. The quantitative estimate of drug-likeness (QED) is 0.846. The maximum Gasteiger partial charge on any atom is 0.441 e. The molecule has 1 aliphatic heterocycles. The number of amides is 2. The Balaban J connectivity index is 2.89. The van der Waals surface area contributed by atoms with Gasteiger partial charge in [-0.2, -0.15) is 13.2 Å². The van der Waals surface area contributed by atoms with Gasteiger partial charge in [0.15, 0.2) is 0 Å². The van der Waals surface area contributed by atoms with E-state index in [1.165, 1.54) is 4.90 Å². The zero-order chi connectivity index (χ0) is 15.6. The number of carbonyl (C=O) groups excluding carboxylic acids is 2. The molecule has 1 unspecified atom stereocenters. The second-order valence-corrected chi connectivity index (χ2v) is 5.88. The second kappa shape index (κ2) is 6.24. The number of halogens is 3. The third-order valence-electron chi connectivity index (χ3n) is 3.67. The highest BCUT2D eigenvalue weighted by Crippen LogP contribution is 2.33. The van der Waals surface area contributed by atoms with Gasteiger partial charge in [0, 0.05) is 12.3 Å². The lowest BCUT2D eigenvalue weighted by atomic mass is 9.86. The van der Waals surface area contributed by atoms with Crippen LogP contribution in [0.5, 0.6) is 0 Å². The van der Waals surface area contributed by atoms with E-state index in [1.54, 1.807) is 20.8 Å². The monoisotopic (exact) mass is 312 g/mol. The minimum absolute atomic E-state index is 0.0809. The number of nitrogens with zero attached hydrogens (tertiary/aromatic N) is 1. The van der Waals surface area contributed by atoms with Crippen molar-refractivity contribution in [3.05, 3.63) is 0 Å². The van der Waals surface area contributed by atoms with Crippen molar-refractivity contribution in [2.75, 3.05) is 12.3 Å². The predicted octanol–water partition coefficient (Wildman–Crippen LogP) is 2.15. The molecule has 20 heavy (non-hydrogen) atoms. The Morgan fingerprint density at radius 3 is 2.30 bits per heavy atom. The van der Waals surface area contributed by atoms with Gasteiger partial charge in [-0.25, -0.2) is 0 Å². The Labute approximate surface area is 120 Å². The van der Waals surface area contributed by atoms with Crippen molar-refractivity contribution < 1.29 is 22.8 Å². The fourth-order valence-electron chi connectivity index (χ4n) is 2.49. The lowest BCUT2D eigenvalue weighted by Crippen LogP contribution is -2.70. The summed E-state index contributed by atoms with van der Waals surface area (Å²) in [5.74, 6) is -0.876. The first kappa shape index (κ1) is 17.1. The molecule has 4 nitrogen and oxygen atoms in total. The standard InChI is InChI=1S/C12H19F3N2O2S/c1-4-11(5-2)10(19)16-8(3)9(18)17(11)6-7-20-12(13,14)15/h8H,4-7H2,1-3H3,(H,16,19). The van der Waals surface area contributed by atoms with Gasteiger partial charge in [-0.1, -0.05) is 13.8 Å². The third-order valence-corrected chi connectivity index (χ3v) is 4.39. The molecule has 1 saturated heterocycles. The number of carbonyl (C=O) groups is 2. The van der Waals surface area contributed by atoms with Crippen LogP contribution in [0.4, 0.5) is 13.2 Å². The van der Waals surface area contributed by atoms with Crippen LogP contribution in [0.1, 0.15) is 33.6 Å². The minimum Gasteiger partial charge on any atom is -0.343 e. The van der Waals surface area contributed by atoms with Crippen molar-refractivity contribution in [1.29, 1.82) is 0 Å². The molecule has 0 aromatic rings. The van der Waals surface area contributed by atoms with Crippen LogP contribution in [-0.2, 0) is 9.59 Å². The van der Waals surface area contributed by atoms with E-state index in [4.69, 9.17) is 0 Å². The Morgan fingerprint density at radius 1 is 1.30 bits per heavy atom. The van der Waals surface area contributed by atoms with Crippen molar-refractivity contribution in [2.24, 2.45) is 0 Å². The molecule has 1 aliphatic rings. The highest BCUT2D eigenvalue weighted by atomic mass is 32.2. The third kappa shape index (κ3) is 3.39. The van der Waals surface area contributed by atoms with E-state index in [1.807, 2.05) is 0 Å². The number of thioether (sulfide) groups is 1. The average molecular weight is 312 g/mol. The van der Waals surface area contributed by atoms with Crippen LogP contribution in [0, 0.1) is 0 Å². The molecular weight excluding hydrogens is 293 g/mol.